The van der Waals surface area contributed by atoms with Crippen LogP contribution in [0.15, 0.2) is 42.7 Å². The largest absolute Gasteiger partial charge is 0.388 e. The minimum atomic E-state index is -0.264. The average molecular weight is 269 g/mol. The second-order valence-corrected chi connectivity index (χ2v) is 6.30. The van der Waals surface area contributed by atoms with E-state index >= 15 is 0 Å². The second-order valence-electron chi connectivity index (χ2n) is 6.30. The van der Waals surface area contributed by atoms with Crippen LogP contribution in [0.3, 0.4) is 0 Å². The van der Waals surface area contributed by atoms with Crippen LogP contribution in [0.5, 0.6) is 0 Å². The molecule has 20 heavy (non-hydrogen) atoms. The van der Waals surface area contributed by atoms with Gasteiger partial charge in [0.05, 0.1) is 6.10 Å². The number of nitrogens with zero attached hydrogens (tertiary/aromatic N) is 1. The van der Waals surface area contributed by atoms with Gasteiger partial charge in [0.15, 0.2) is 0 Å². The van der Waals surface area contributed by atoms with E-state index in [0.717, 1.165) is 12.1 Å². The summed E-state index contributed by atoms with van der Waals surface area (Å²) >= 11 is 0. The van der Waals surface area contributed by atoms with Gasteiger partial charge in [0.25, 0.3) is 0 Å². The van der Waals surface area contributed by atoms with Crippen LogP contribution in [0.1, 0.15) is 55.4 Å². The summed E-state index contributed by atoms with van der Waals surface area (Å²) in [6, 6.07) is 10.9. The summed E-state index contributed by atoms with van der Waals surface area (Å²) in [5.74, 6) is 1.08. The number of aliphatic hydroxyl groups is 1. The third-order valence-electron chi connectivity index (χ3n) is 4.19. The number of hydrogen-bond donors (Lipinski definition) is 1. The lowest BCUT2D eigenvalue weighted by Crippen LogP contribution is -2.00. The maximum atomic E-state index is 10.1. The standard InChI is InChI=1S/C18H23NO/c1-13(2)15-5-3-14(4-6-15)11-19-10-9-17(12-19)18(20)16-7-8-16/h3-6,9-10,12-13,16,18,20H,7-8,11H2,1-2H3. The van der Waals surface area contributed by atoms with E-state index in [2.05, 4.69) is 55.1 Å². The van der Waals surface area contributed by atoms with E-state index in [1.54, 1.807) is 0 Å². The van der Waals surface area contributed by atoms with Crippen molar-refractivity contribution in [2.24, 2.45) is 5.92 Å². The summed E-state index contributed by atoms with van der Waals surface area (Å²) in [6.45, 7) is 5.30. The predicted molar refractivity (Wildman–Crippen MR) is 81.7 cm³/mol. The molecule has 2 nitrogen and oxygen atoms in total. The van der Waals surface area contributed by atoms with E-state index in [1.807, 2.05) is 6.07 Å². The maximum Gasteiger partial charge on any atom is 0.0832 e. The zero-order valence-electron chi connectivity index (χ0n) is 12.3. The van der Waals surface area contributed by atoms with Crippen molar-refractivity contribution in [3.63, 3.8) is 0 Å². The highest BCUT2D eigenvalue weighted by atomic mass is 16.3. The third kappa shape index (κ3) is 2.96. The van der Waals surface area contributed by atoms with Gasteiger partial charge in [-0.15, -0.1) is 0 Å². The Hall–Kier alpha value is -1.54. The molecule has 1 aliphatic carbocycles. The van der Waals surface area contributed by atoms with Crippen molar-refractivity contribution in [1.29, 1.82) is 0 Å². The van der Waals surface area contributed by atoms with E-state index in [9.17, 15) is 5.11 Å². The van der Waals surface area contributed by atoms with E-state index in [-0.39, 0.29) is 6.10 Å². The van der Waals surface area contributed by atoms with Gasteiger partial charge in [-0.2, -0.15) is 0 Å². The van der Waals surface area contributed by atoms with Crippen molar-refractivity contribution >= 4 is 0 Å². The molecule has 0 bridgehead atoms. The summed E-state index contributed by atoms with van der Waals surface area (Å²) in [6.07, 6.45) is 6.22. The molecule has 3 rings (SSSR count). The lowest BCUT2D eigenvalue weighted by Gasteiger charge is -2.08. The molecule has 0 aliphatic heterocycles. The average Bonchev–Trinajstić information content (AvgIpc) is 3.19. The van der Waals surface area contributed by atoms with Gasteiger partial charge in [0.2, 0.25) is 0 Å². The van der Waals surface area contributed by atoms with E-state index in [4.69, 9.17) is 0 Å². The summed E-state index contributed by atoms with van der Waals surface area (Å²) < 4.78 is 2.16. The third-order valence-corrected chi connectivity index (χ3v) is 4.19. The van der Waals surface area contributed by atoms with Gasteiger partial charge in [-0.05, 0) is 47.4 Å². The Morgan fingerprint density at radius 1 is 1.10 bits per heavy atom. The fourth-order valence-electron chi connectivity index (χ4n) is 2.64. The highest BCUT2D eigenvalue weighted by Crippen LogP contribution is 2.40. The monoisotopic (exact) mass is 269 g/mol. The SMILES string of the molecule is CC(C)c1ccc(Cn2ccc(C(O)C3CC3)c2)cc1. The lowest BCUT2D eigenvalue weighted by molar-refractivity contribution is 0.154. The summed E-state index contributed by atoms with van der Waals surface area (Å²) in [4.78, 5) is 0. The highest BCUT2D eigenvalue weighted by molar-refractivity contribution is 5.25. The fourth-order valence-corrected chi connectivity index (χ4v) is 2.64. The zero-order chi connectivity index (χ0) is 14.1. The Kier molecular flexibility index (Phi) is 3.66. The lowest BCUT2D eigenvalue weighted by atomic mass is 10.0. The molecule has 1 aliphatic rings. The van der Waals surface area contributed by atoms with Crippen LogP contribution >= 0.6 is 0 Å². The Morgan fingerprint density at radius 3 is 2.40 bits per heavy atom. The van der Waals surface area contributed by atoms with Crippen molar-refractivity contribution in [2.45, 2.75) is 45.3 Å². The van der Waals surface area contributed by atoms with Gasteiger partial charge in [0, 0.05) is 18.9 Å². The van der Waals surface area contributed by atoms with Crippen LogP contribution in [0.25, 0.3) is 0 Å². The second kappa shape index (κ2) is 5.45. The molecule has 0 radical (unpaired) electrons. The Morgan fingerprint density at radius 2 is 1.80 bits per heavy atom. The van der Waals surface area contributed by atoms with Crippen LogP contribution in [0.2, 0.25) is 0 Å². The van der Waals surface area contributed by atoms with Crippen LogP contribution in [0, 0.1) is 5.92 Å². The van der Waals surface area contributed by atoms with Crippen molar-refractivity contribution in [3.05, 3.63) is 59.4 Å². The fraction of sp³-hybridized carbons (Fsp3) is 0.444. The van der Waals surface area contributed by atoms with Gasteiger partial charge in [-0.1, -0.05) is 38.1 Å². The molecule has 1 aromatic carbocycles. The normalized spacial score (nSPS) is 16.6. The van der Waals surface area contributed by atoms with Crippen LogP contribution in [-0.4, -0.2) is 9.67 Å². The highest BCUT2D eigenvalue weighted by Gasteiger charge is 2.31. The molecule has 1 fully saturated rings. The predicted octanol–water partition coefficient (Wildman–Crippen LogP) is 4.10. The molecule has 1 saturated carbocycles. The first kappa shape index (κ1) is 13.4. The molecule has 1 aromatic heterocycles. The number of aliphatic hydroxyl groups excluding tert-OH is 1. The van der Waals surface area contributed by atoms with Crippen molar-refractivity contribution in [3.8, 4) is 0 Å². The van der Waals surface area contributed by atoms with Gasteiger partial charge in [-0.25, -0.2) is 0 Å². The molecule has 0 saturated heterocycles. The van der Waals surface area contributed by atoms with Gasteiger partial charge >= 0.3 is 0 Å². The number of rotatable bonds is 5. The van der Waals surface area contributed by atoms with Crippen molar-refractivity contribution < 1.29 is 5.11 Å². The first-order chi connectivity index (χ1) is 9.63. The topological polar surface area (TPSA) is 25.2 Å². The molecule has 106 valence electrons. The van der Waals surface area contributed by atoms with E-state index in [0.29, 0.717) is 11.8 Å². The van der Waals surface area contributed by atoms with Crippen LogP contribution in [-0.2, 0) is 6.54 Å². The maximum absolute atomic E-state index is 10.1. The van der Waals surface area contributed by atoms with Crippen LogP contribution < -0.4 is 0 Å². The number of aromatic nitrogens is 1. The molecule has 1 atom stereocenters. The number of hydrogen-bond acceptors (Lipinski definition) is 1. The molecule has 0 spiro atoms. The van der Waals surface area contributed by atoms with Gasteiger partial charge < -0.3 is 9.67 Å². The summed E-state index contributed by atoms with van der Waals surface area (Å²) in [5, 5.41) is 10.1. The molecule has 2 aromatic rings. The van der Waals surface area contributed by atoms with Gasteiger partial charge in [0.1, 0.15) is 0 Å². The minimum Gasteiger partial charge on any atom is -0.388 e. The van der Waals surface area contributed by atoms with Crippen molar-refractivity contribution in [1.82, 2.24) is 4.57 Å². The number of benzene rings is 1. The van der Waals surface area contributed by atoms with E-state index < -0.39 is 0 Å². The molecule has 1 N–H and O–H groups in total. The molecule has 0 amide bonds. The van der Waals surface area contributed by atoms with Crippen molar-refractivity contribution in [2.75, 3.05) is 0 Å². The Labute approximate surface area is 121 Å². The first-order valence-electron chi connectivity index (χ1n) is 7.56. The Balaban J connectivity index is 1.68. The van der Waals surface area contributed by atoms with Crippen LogP contribution in [0.4, 0.5) is 0 Å². The molecular formula is C18H23NO. The van der Waals surface area contributed by atoms with Gasteiger partial charge in [-0.3, -0.25) is 0 Å². The van der Waals surface area contributed by atoms with E-state index in [1.165, 1.54) is 24.0 Å². The summed E-state index contributed by atoms with van der Waals surface area (Å²) in [7, 11) is 0. The first-order valence-corrected chi connectivity index (χ1v) is 7.56. The zero-order valence-corrected chi connectivity index (χ0v) is 12.3. The molecule has 1 heterocycles. The molecule has 2 heteroatoms. The summed E-state index contributed by atoms with van der Waals surface area (Å²) in [5.41, 5.74) is 3.75. The molecular weight excluding hydrogens is 246 g/mol. The smallest absolute Gasteiger partial charge is 0.0832 e. The quantitative estimate of drug-likeness (QED) is 0.868. The molecule has 1 unspecified atom stereocenters. The Bertz CT molecular complexity index is 563. The minimum absolute atomic E-state index is 0.264.